The summed E-state index contributed by atoms with van der Waals surface area (Å²) < 4.78 is 30.5. The van der Waals surface area contributed by atoms with Crippen LogP contribution < -0.4 is 34.7 Å². The molecular formula is C42H65NaO12. The van der Waals surface area contributed by atoms with E-state index in [1.807, 2.05) is 13.0 Å². The summed E-state index contributed by atoms with van der Waals surface area (Å²) in [6.45, 7) is 14.9. The fourth-order valence-electron chi connectivity index (χ4n) is 10.1. The van der Waals surface area contributed by atoms with Crippen LogP contribution in [0.3, 0.4) is 0 Å². The molecule has 3 saturated heterocycles. The van der Waals surface area contributed by atoms with Gasteiger partial charge in [0, 0.05) is 25.6 Å². The number of methoxy groups -OCH3 is 1. The molecule has 5 aliphatic rings. The first-order valence-corrected chi connectivity index (χ1v) is 20.0. The van der Waals surface area contributed by atoms with E-state index in [1.165, 1.54) is 7.11 Å². The SMILES string of the molecule is C=C1OC([O-])=C(C(O)C(OC)C2C(/C=C(\CO)C3CCC(C)C(/C(C)=C\CC4OC(C)(C5CCC(C(O)CC)O5)CC4C)O3)CCC(C)(O)C2CO)C1=O.[Na+]. The molecule has 15 atom stereocenters. The van der Waals surface area contributed by atoms with Crippen molar-refractivity contribution in [2.45, 2.75) is 159 Å². The Kier molecular flexibility index (Phi) is 16.3. The van der Waals surface area contributed by atoms with Gasteiger partial charge < -0.3 is 54.3 Å². The monoisotopic (exact) mass is 784 g/mol. The van der Waals surface area contributed by atoms with Gasteiger partial charge in [-0.2, -0.15) is 0 Å². The first-order valence-electron chi connectivity index (χ1n) is 20.0. The summed E-state index contributed by atoms with van der Waals surface area (Å²) in [7, 11) is 1.35. The van der Waals surface area contributed by atoms with Gasteiger partial charge in [-0.05, 0) is 107 Å². The van der Waals surface area contributed by atoms with Crippen LogP contribution in [0.5, 0.6) is 0 Å². The van der Waals surface area contributed by atoms with Crippen molar-refractivity contribution in [1.29, 1.82) is 0 Å². The van der Waals surface area contributed by atoms with E-state index in [0.29, 0.717) is 37.2 Å². The summed E-state index contributed by atoms with van der Waals surface area (Å²) in [5.41, 5.74) is -0.489. The first kappa shape index (κ1) is 46.6. The van der Waals surface area contributed by atoms with Crippen molar-refractivity contribution >= 4 is 5.78 Å². The number of allylic oxidation sites excluding steroid dienone is 2. The quantitative estimate of drug-likeness (QED) is 0.0928. The molecule has 13 heteroatoms. The van der Waals surface area contributed by atoms with Crippen LogP contribution in [0, 0.1) is 29.6 Å². The molecule has 306 valence electrons. The molecule has 0 bridgehead atoms. The Morgan fingerprint density at radius 2 is 1.80 bits per heavy atom. The Balaban J connectivity index is 0.00000673. The van der Waals surface area contributed by atoms with E-state index < -0.39 is 77.3 Å². The van der Waals surface area contributed by atoms with Gasteiger partial charge in [-0.1, -0.05) is 39.5 Å². The third-order valence-electron chi connectivity index (χ3n) is 13.4. The van der Waals surface area contributed by atoms with Gasteiger partial charge in [-0.15, -0.1) is 0 Å². The molecule has 4 fully saturated rings. The molecule has 0 aromatic heterocycles. The number of carbonyl (C=O) groups excluding carboxylic acids is 1. The van der Waals surface area contributed by atoms with Crippen LogP contribution in [0.25, 0.3) is 0 Å². The molecule has 0 spiro atoms. The van der Waals surface area contributed by atoms with E-state index >= 15 is 0 Å². The molecule has 12 nitrogen and oxygen atoms in total. The van der Waals surface area contributed by atoms with E-state index in [-0.39, 0.29) is 72.3 Å². The van der Waals surface area contributed by atoms with Gasteiger partial charge in [0.2, 0.25) is 0 Å². The average Bonchev–Trinajstić information content (AvgIpc) is 3.82. The van der Waals surface area contributed by atoms with Crippen LogP contribution in [0.15, 0.2) is 47.2 Å². The van der Waals surface area contributed by atoms with Gasteiger partial charge in [0.25, 0.3) is 0 Å². The van der Waals surface area contributed by atoms with Crippen LogP contribution in [-0.4, -0.2) is 112 Å². The Morgan fingerprint density at radius 1 is 1.09 bits per heavy atom. The fourth-order valence-corrected chi connectivity index (χ4v) is 10.1. The van der Waals surface area contributed by atoms with Gasteiger partial charge >= 0.3 is 29.6 Å². The predicted octanol–water partition coefficient (Wildman–Crippen LogP) is 0.378. The molecule has 0 amide bonds. The summed E-state index contributed by atoms with van der Waals surface area (Å²) in [5.74, 6) is -3.60. The largest absolute Gasteiger partial charge is 1.00 e. The third kappa shape index (κ3) is 9.85. The smallest absolute Gasteiger partial charge is 0.576 e. The third-order valence-corrected chi connectivity index (χ3v) is 13.4. The molecule has 1 aliphatic carbocycles. The van der Waals surface area contributed by atoms with E-state index in [1.54, 1.807) is 6.92 Å². The van der Waals surface area contributed by atoms with Gasteiger partial charge in [0.15, 0.2) is 5.78 Å². The van der Waals surface area contributed by atoms with E-state index in [0.717, 1.165) is 37.7 Å². The zero-order valence-corrected chi connectivity index (χ0v) is 36.2. The van der Waals surface area contributed by atoms with Crippen molar-refractivity contribution < 1.29 is 88.7 Å². The number of aliphatic hydroxyl groups excluding tert-OH is 4. The number of ketones is 1. The molecule has 0 aromatic carbocycles. The van der Waals surface area contributed by atoms with Gasteiger partial charge in [0.05, 0.1) is 77.8 Å². The van der Waals surface area contributed by atoms with Crippen molar-refractivity contribution in [3.63, 3.8) is 0 Å². The maximum Gasteiger partial charge on any atom is 1.00 e. The first-order chi connectivity index (χ1) is 25.5. The Labute approximate surface area is 349 Å². The zero-order valence-electron chi connectivity index (χ0n) is 34.2. The molecule has 5 rings (SSSR count). The molecule has 55 heavy (non-hydrogen) atoms. The molecule has 0 aromatic rings. The normalized spacial score (nSPS) is 40.6. The van der Waals surface area contributed by atoms with Crippen LogP contribution in [0.1, 0.15) is 99.3 Å². The molecular weight excluding hydrogens is 719 g/mol. The number of aliphatic hydroxyl groups is 5. The van der Waals surface area contributed by atoms with Crippen molar-refractivity contribution in [2.75, 3.05) is 20.3 Å². The van der Waals surface area contributed by atoms with Crippen molar-refractivity contribution in [1.82, 2.24) is 0 Å². The van der Waals surface area contributed by atoms with Crippen molar-refractivity contribution in [3.8, 4) is 0 Å². The molecule has 4 heterocycles. The second kappa shape index (κ2) is 19.3. The van der Waals surface area contributed by atoms with Crippen LogP contribution >= 0.6 is 0 Å². The maximum atomic E-state index is 12.7. The Hall–Kier alpha value is -1.13. The number of ether oxygens (including phenoxy) is 5. The summed E-state index contributed by atoms with van der Waals surface area (Å²) in [4.78, 5) is 12.7. The second-order valence-electron chi connectivity index (χ2n) is 17.2. The molecule has 0 radical (unpaired) electrons. The molecule has 15 unspecified atom stereocenters. The predicted molar refractivity (Wildman–Crippen MR) is 198 cm³/mol. The number of carbonyl (C=O) groups is 1. The van der Waals surface area contributed by atoms with Crippen LogP contribution in [0.2, 0.25) is 0 Å². The van der Waals surface area contributed by atoms with E-state index in [9.17, 15) is 35.4 Å². The van der Waals surface area contributed by atoms with Gasteiger partial charge in [-0.25, -0.2) is 0 Å². The number of hydrogen-bond donors (Lipinski definition) is 5. The zero-order chi connectivity index (χ0) is 39.7. The number of rotatable bonds is 14. The average molecular weight is 785 g/mol. The number of hydrogen-bond acceptors (Lipinski definition) is 12. The van der Waals surface area contributed by atoms with Crippen LogP contribution in [0.4, 0.5) is 0 Å². The minimum atomic E-state index is -1.71. The maximum absolute atomic E-state index is 12.7. The Bertz CT molecular complexity index is 1440. The minimum Gasteiger partial charge on any atom is -0.576 e. The topological polar surface area (TPSA) is 187 Å². The number of Topliss-reactive ketones (excluding diaryl/α,β-unsaturated/α-hetero) is 1. The summed E-state index contributed by atoms with van der Waals surface area (Å²) in [5, 5.41) is 67.1. The fraction of sp³-hybridized carbons (Fsp3) is 0.786. The van der Waals surface area contributed by atoms with E-state index in [2.05, 4.69) is 40.3 Å². The minimum absolute atomic E-state index is 0. The van der Waals surface area contributed by atoms with Gasteiger partial charge in [0.1, 0.15) is 6.10 Å². The molecule has 1 saturated carbocycles. The van der Waals surface area contributed by atoms with Crippen LogP contribution in [-0.2, 0) is 28.5 Å². The second-order valence-corrected chi connectivity index (χ2v) is 17.2. The summed E-state index contributed by atoms with van der Waals surface area (Å²) >= 11 is 0. The van der Waals surface area contributed by atoms with Crippen molar-refractivity contribution in [3.05, 3.63) is 47.2 Å². The van der Waals surface area contributed by atoms with Gasteiger partial charge in [-0.3, -0.25) is 4.79 Å². The van der Waals surface area contributed by atoms with E-state index in [4.69, 9.17) is 23.7 Å². The Morgan fingerprint density at radius 3 is 2.40 bits per heavy atom. The van der Waals surface area contributed by atoms with Crippen molar-refractivity contribution in [2.24, 2.45) is 29.6 Å². The summed E-state index contributed by atoms with van der Waals surface area (Å²) in [6, 6.07) is 0. The standard InChI is InChI=1S/C42H66O12.Na/c1-9-29(45)32-14-15-33(52-32)42(7)19-24(4)30(54-42)12-10-22(2)38-23(3)11-13-31(53-38)27(20-43)18-26-16-17-41(6,49)28(21-44)34(26)39(50-8)37(47)35-36(46)25(5)51-40(35)48;/h10,18,23-24,26,28-34,37-39,43-45,47-49H,5,9,11-17,19-21H2,1-4,6-8H3;/q;+1/p-1/b22-10-,27-18+;. The summed E-state index contributed by atoms with van der Waals surface area (Å²) in [6.07, 6.45) is 6.35. The molecule has 5 N–H and O–H groups in total. The molecule has 4 aliphatic heterocycles.